The summed E-state index contributed by atoms with van der Waals surface area (Å²) in [6, 6.07) is 12.5. The number of phenols is 1. The molecule has 0 bridgehead atoms. The largest absolute Gasteiger partial charge is 0.508 e. The molecule has 0 spiro atoms. The molecule has 144 valence electrons. The number of methoxy groups -OCH3 is 1. The lowest BCUT2D eigenvalue weighted by Crippen LogP contribution is -2.31. The summed E-state index contributed by atoms with van der Waals surface area (Å²) in [6.45, 7) is 1.04. The van der Waals surface area contributed by atoms with Gasteiger partial charge in [0.05, 0.1) is 11.7 Å². The van der Waals surface area contributed by atoms with Gasteiger partial charge in [-0.25, -0.2) is 4.39 Å². The topological polar surface area (TPSA) is 78.5 Å². The van der Waals surface area contributed by atoms with Gasteiger partial charge in [-0.05, 0) is 48.4 Å². The number of hydrogen-bond acceptors (Lipinski definition) is 4. The summed E-state index contributed by atoms with van der Waals surface area (Å²) < 4.78 is 18.6. The van der Waals surface area contributed by atoms with Crippen molar-refractivity contribution < 1.29 is 19.0 Å². The number of phenolic OH excluding ortho intramolecular Hbond substituents is 1. The summed E-state index contributed by atoms with van der Waals surface area (Å²) in [5.74, 6) is -0.313. The molecule has 6 nitrogen and oxygen atoms in total. The van der Waals surface area contributed by atoms with Gasteiger partial charge in [0.15, 0.2) is 0 Å². The molecule has 2 N–H and O–H groups in total. The van der Waals surface area contributed by atoms with Gasteiger partial charge in [-0.3, -0.25) is 9.89 Å². The van der Waals surface area contributed by atoms with Crippen molar-refractivity contribution in [1.82, 2.24) is 15.1 Å². The van der Waals surface area contributed by atoms with Crippen LogP contribution in [0.3, 0.4) is 0 Å². The van der Waals surface area contributed by atoms with Crippen LogP contribution in [-0.2, 0) is 4.74 Å². The number of benzene rings is 2. The molecule has 1 amide bonds. The molecule has 1 atom stereocenters. The number of hydrogen-bond donors (Lipinski definition) is 2. The van der Waals surface area contributed by atoms with Crippen molar-refractivity contribution in [2.24, 2.45) is 0 Å². The van der Waals surface area contributed by atoms with Crippen LogP contribution in [0.1, 0.15) is 34.1 Å². The second kappa shape index (κ2) is 7.44. The van der Waals surface area contributed by atoms with Crippen LogP contribution in [0.4, 0.5) is 4.39 Å². The van der Waals surface area contributed by atoms with Gasteiger partial charge in [0, 0.05) is 31.4 Å². The van der Waals surface area contributed by atoms with E-state index in [2.05, 4.69) is 10.2 Å². The van der Waals surface area contributed by atoms with E-state index in [1.165, 1.54) is 12.1 Å². The third-order valence-corrected chi connectivity index (χ3v) is 4.94. The van der Waals surface area contributed by atoms with Gasteiger partial charge in [-0.2, -0.15) is 5.10 Å². The zero-order valence-electron chi connectivity index (χ0n) is 15.4. The lowest BCUT2D eigenvalue weighted by Gasteiger charge is -2.26. The number of fused-ring (bicyclic) bond motifs is 1. The van der Waals surface area contributed by atoms with Crippen LogP contribution in [0, 0.1) is 5.82 Å². The molecule has 0 aliphatic carbocycles. The first-order valence-corrected chi connectivity index (χ1v) is 9.03. The standard InChI is InChI=1S/C21H20FN3O3/c1-28-12-2-11-25-20(14-3-7-15(22)8-4-14)17-18(23-24-19(17)21(25)27)13-5-9-16(26)10-6-13/h3-10,20,26H,2,11-12H2,1H3,(H,23,24). The van der Waals surface area contributed by atoms with Gasteiger partial charge in [0.2, 0.25) is 0 Å². The first-order chi connectivity index (χ1) is 13.6. The number of amides is 1. The zero-order chi connectivity index (χ0) is 19.7. The quantitative estimate of drug-likeness (QED) is 0.641. The smallest absolute Gasteiger partial charge is 0.273 e. The van der Waals surface area contributed by atoms with Gasteiger partial charge >= 0.3 is 0 Å². The molecule has 0 radical (unpaired) electrons. The van der Waals surface area contributed by atoms with E-state index in [0.717, 1.165) is 16.7 Å². The lowest BCUT2D eigenvalue weighted by molar-refractivity contribution is 0.0723. The van der Waals surface area contributed by atoms with Crippen molar-refractivity contribution >= 4 is 5.91 Å². The maximum Gasteiger partial charge on any atom is 0.273 e. The fourth-order valence-corrected chi connectivity index (χ4v) is 3.64. The number of carbonyl (C=O) groups is 1. The summed E-state index contributed by atoms with van der Waals surface area (Å²) in [6.07, 6.45) is 0.687. The molecule has 2 aromatic carbocycles. The Balaban J connectivity index is 1.80. The predicted molar refractivity (Wildman–Crippen MR) is 101 cm³/mol. The molecule has 3 aromatic rings. The van der Waals surface area contributed by atoms with Crippen molar-refractivity contribution in [2.45, 2.75) is 12.5 Å². The first kappa shape index (κ1) is 18.2. The number of H-pyrrole nitrogens is 1. The molecular weight excluding hydrogens is 361 g/mol. The number of ether oxygens (including phenoxy) is 1. The Morgan fingerprint density at radius 1 is 1.18 bits per heavy atom. The number of nitrogens with zero attached hydrogens (tertiary/aromatic N) is 2. The van der Waals surface area contributed by atoms with E-state index in [-0.39, 0.29) is 23.5 Å². The fraction of sp³-hybridized carbons (Fsp3) is 0.238. The molecule has 7 heteroatoms. The molecule has 0 fully saturated rings. The second-order valence-corrected chi connectivity index (χ2v) is 6.71. The molecule has 4 rings (SSSR count). The maximum atomic E-state index is 13.5. The average Bonchev–Trinajstić information content (AvgIpc) is 3.23. The Morgan fingerprint density at radius 2 is 1.89 bits per heavy atom. The van der Waals surface area contributed by atoms with Crippen molar-refractivity contribution in [3.8, 4) is 17.0 Å². The normalized spacial score (nSPS) is 15.9. The third-order valence-electron chi connectivity index (χ3n) is 4.94. The van der Waals surface area contributed by atoms with Crippen LogP contribution < -0.4 is 0 Å². The van der Waals surface area contributed by atoms with E-state index in [0.29, 0.717) is 31.0 Å². The van der Waals surface area contributed by atoms with Crippen LogP contribution in [0.2, 0.25) is 0 Å². The number of nitrogens with one attached hydrogen (secondary N) is 1. The summed E-state index contributed by atoms with van der Waals surface area (Å²) in [7, 11) is 1.62. The third kappa shape index (κ3) is 3.14. The van der Waals surface area contributed by atoms with Crippen LogP contribution in [-0.4, -0.2) is 46.4 Å². The van der Waals surface area contributed by atoms with Crippen LogP contribution in [0.15, 0.2) is 48.5 Å². The monoisotopic (exact) mass is 381 g/mol. The number of rotatable bonds is 6. The first-order valence-electron chi connectivity index (χ1n) is 9.03. The molecular formula is C21H20FN3O3. The predicted octanol–water partition coefficient (Wildman–Crippen LogP) is 3.50. The molecule has 1 aliphatic rings. The molecule has 1 aliphatic heterocycles. The van der Waals surface area contributed by atoms with Crippen molar-refractivity contribution in [1.29, 1.82) is 0 Å². The van der Waals surface area contributed by atoms with Gasteiger partial charge < -0.3 is 14.7 Å². The van der Waals surface area contributed by atoms with Crippen molar-refractivity contribution in [3.63, 3.8) is 0 Å². The van der Waals surface area contributed by atoms with Crippen molar-refractivity contribution in [2.75, 3.05) is 20.3 Å². The highest BCUT2D eigenvalue weighted by Gasteiger charge is 2.41. The zero-order valence-corrected chi connectivity index (χ0v) is 15.4. The Bertz CT molecular complexity index is 983. The van der Waals surface area contributed by atoms with E-state index >= 15 is 0 Å². The number of carbonyl (C=O) groups excluding carboxylic acids is 1. The minimum atomic E-state index is -0.373. The Morgan fingerprint density at radius 3 is 2.57 bits per heavy atom. The summed E-state index contributed by atoms with van der Waals surface area (Å²) in [5.41, 5.74) is 3.45. The van der Waals surface area contributed by atoms with Crippen LogP contribution in [0.5, 0.6) is 5.75 Å². The lowest BCUT2D eigenvalue weighted by atomic mass is 9.96. The molecule has 0 saturated carbocycles. The second-order valence-electron chi connectivity index (χ2n) is 6.71. The average molecular weight is 381 g/mol. The highest BCUT2D eigenvalue weighted by molar-refractivity contribution is 6.00. The molecule has 1 unspecified atom stereocenters. The van der Waals surface area contributed by atoms with E-state index in [9.17, 15) is 14.3 Å². The highest BCUT2D eigenvalue weighted by atomic mass is 19.1. The molecule has 1 aromatic heterocycles. The van der Waals surface area contributed by atoms with E-state index in [4.69, 9.17) is 4.74 Å². The van der Waals surface area contributed by atoms with Crippen molar-refractivity contribution in [3.05, 3.63) is 71.2 Å². The molecule has 0 saturated heterocycles. The Kier molecular flexibility index (Phi) is 4.83. The Labute approximate surface area is 161 Å². The maximum absolute atomic E-state index is 13.5. The van der Waals surface area contributed by atoms with Gasteiger partial charge in [-0.15, -0.1) is 0 Å². The number of aromatic nitrogens is 2. The van der Waals surface area contributed by atoms with E-state index < -0.39 is 0 Å². The van der Waals surface area contributed by atoms with Crippen LogP contribution in [0.25, 0.3) is 11.3 Å². The molecule has 28 heavy (non-hydrogen) atoms. The fourth-order valence-electron chi connectivity index (χ4n) is 3.64. The number of halogens is 1. The van der Waals surface area contributed by atoms with E-state index in [1.807, 2.05) is 0 Å². The highest BCUT2D eigenvalue weighted by Crippen LogP contribution is 2.42. The van der Waals surface area contributed by atoms with E-state index in [1.54, 1.807) is 48.4 Å². The van der Waals surface area contributed by atoms with Gasteiger partial charge in [0.25, 0.3) is 5.91 Å². The summed E-state index contributed by atoms with van der Waals surface area (Å²) >= 11 is 0. The van der Waals surface area contributed by atoms with Gasteiger partial charge in [0.1, 0.15) is 17.3 Å². The minimum absolute atomic E-state index is 0.141. The van der Waals surface area contributed by atoms with Gasteiger partial charge in [-0.1, -0.05) is 12.1 Å². The summed E-state index contributed by atoms with van der Waals surface area (Å²) in [5, 5.41) is 16.8. The SMILES string of the molecule is COCCCN1C(=O)c2[nH]nc(-c3ccc(O)cc3)c2C1c1ccc(F)cc1. The number of aromatic amines is 1. The van der Waals surface area contributed by atoms with Crippen LogP contribution >= 0.6 is 0 Å². The minimum Gasteiger partial charge on any atom is -0.508 e. The molecule has 2 heterocycles. The Hall–Kier alpha value is -3.19. The number of aromatic hydroxyl groups is 1. The summed E-state index contributed by atoms with van der Waals surface area (Å²) in [4.78, 5) is 14.8.